The normalized spacial score (nSPS) is 31.7. The molecule has 2 heteroatoms. The summed E-state index contributed by atoms with van der Waals surface area (Å²) in [6.45, 7) is 9.94. The van der Waals surface area contributed by atoms with Gasteiger partial charge in [-0.15, -0.1) is 0 Å². The lowest BCUT2D eigenvalue weighted by Crippen LogP contribution is -2.50. The largest absolute Gasteiger partial charge is 0.377 e. The number of hydrogen-bond acceptors (Lipinski definition) is 2. The standard InChI is InChI=1S/C14H29NO/c1-6-12-7-9-14(16-5,10-8-12)11-15-13(2,3)4/h12,15H,6-11H2,1-5H3. The third-order valence-electron chi connectivity index (χ3n) is 3.97. The van der Waals surface area contributed by atoms with Gasteiger partial charge in [-0.25, -0.2) is 0 Å². The van der Waals surface area contributed by atoms with E-state index in [1.807, 2.05) is 7.11 Å². The van der Waals surface area contributed by atoms with E-state index in [9.17, 15) is 0 Å². The van der Waals surface area contributed by atoms with Crippen LogP contribution >= 0.6 is 0 Å². The smallest absolute Gasteiger partial charge is 0.0802 e. The number of ether oxygens (including phenoxy) is 1. The fraction of sp³-hybridized carbons (Fsp3) is 1.00. The second kappa shape index (κ2) is 5.50. The molecule has 0 bridgehead atoms. The molecule has 0 amide bonds. The van der Waals surface area contributed by atoms with Crippen LogP contribution in [-0.4, -0.2) is 24.8 Å². The lowest BCUT2D eigenvalue weighted by atomic mass is 9.77. The second-order valence-electron chi connectivity index (χ2n) is 6.34. The molecule has 1 rings (SSSR count). The highest BCUT2D eigenvalue weighted by Crippen LogP contribution is 2.35. The van der Waals surface area contributed by atoms with Crippen LogP contribution in [0.15, 0.2) is 0 Å². The van der Waals surface area contributed by atoms with Gasteiger partial charge in [-0.3, -0.25) is 0 Å². The molecule has 1 fully saturated rings. The Morgan fingerprint density at radius 1 is 1.25 bits per heavy atom. The Kier molecular flexibility index (Phi) is 4.81. The number of hydrogen-bond donors (Lipinski definition) is 1. The molecule has 0 spiro atoms. The van der Waals surface area contributed by atoms with Crippen LogP contribution in [-0.2, 0) is 4.74 Å². The molecule has 0 aromatic rings. The minimum atomic E-state index is 0.0962. The maximum absolute atomic E-state index is 5.80. The Labute approximate surface area is 101 Å². The van der Waals surface area contributed by atoms with Crippen LogP contribution in [0.1, 0.15) is 59.8 Å². The van der Waals surface area contributed by atoms with Crippen molar-refractivity contribution in [2.45, 2.75) is 70.9 Å². The Bertz CT molecular complexity index is 199. The van der Waals surface area contributed by atoms with Crippen LogP contribution < -0.4 is 5.32 Å². The van der Waals surface area contributed by atoms with Gasteiger partial charge >= 0.3 is 0 Å². The molecular formula is C14H29NO. The van der Waals surface area contributed by atoms with Crippen molar-refractivity contribution in [3.05, 3.63) is 0 Å². The summed E-state index contributed by atoms with van der Waals surface area (Å²) in [5, 5.41) is 3.59. The van der Waals surface area contributed by atoms with Gasteiger partial charge in [0, 0.05) is 19.2 Å². The molecule has 1 aliphatic rings. The van der Waals surface area contributed by atoms with Gasteiger partial charge in [-0.05, 0) is 52.4 Å². The maximum Gasteiger partial charge on any atom is 0.0802 e. The summed E-state index contributed by atoms with van der Waals surface area (Å²) in [5.41, 5.74) is 0.284. The van der Waals surface area contributed by atoms with Crippen molar-refractivity contribution >= 4 is 0 Å². The lowest BCUT2D eigenvalue weighted by molar-refractivity contribution is -0.0509. The van der Waals surface area contributed by atoms with Gasteiger partial charge in [0.05, 0.1) is 5.60 Å². The van der Waals surface area contributed by atoms with Gasteiger partial charge < -0.3 is 10.1 Å². The summed E-state index contributed by atoms with van der Waals surface area (Å²) in [7, 11) is 1.87. The molecular weight excluding hydrogens is 198 g/mol. The predicted octanol–water partition coefficient (Wildman–Crippen LogP) is 3.36. The van der Waals surface area contributed by atoms with Gasteiger partial charge in [-0.1, -0.05) is 13.3 Å². The molecule has 1 saturated carbocycles. The van der Waals surface area contributed by atoms with Crippen LogP contribution in [0.25, 0.3) is 0 Å². The van der Waals surface area contributed by atoms with Gasteiger partial charge in [0.1, 0.15) is 0 Å². The summed E-state index contributed by atoms with van der Waals surface area (Å²) in [4.78, 5) is 0. The molecule has 0 unspecified atom stereocenters. The summed E-state index contributed by atoms with van der Waals surface area (Å²) < 4.78 is 5.80. The Hall–Kier alpha value is -0.0800. The average Bonchev–Trinajstić information content (AvgIpc) is 2.26. The highest BCUT2D eigenvalue weighted by Gasteiger charge is 2.35. The van der Waals surface area contributed by atoms with Crippen LogP contribution in [0.2, 0.25) is 0 Å². The molecule has 0 saturated heterocycles. The van der Waals surface area contributed by atoms with E-state index in [1.165, 1.54) is 32.1 Å². The first-order valence-electron chi connectivity index (χ1n) is 6.71. The van der Waals surface area contributed by atoms with Gasteiger partial charge in [-0.2, -0.15) is 0 Å². The van der Waals surface area contributed by atoms with E-state index in [0.717, 1.165) is 12.5 Å². The van der Waals surface area contributed by atoms with E-state index >= 15 is 0 Å². The maximum atomic E-state index is 5.80. The zero-order chi connectivity index (χ0) is 12.2. The molecule has 0 aromatic heterocycles. The van der Waals surface area contributed by atoms with Crippen molar-refractivity contribution in [1.82, 2.24) is 5.32 Å². The van der Waals surface area contributed by atoms with Crippen LogP contribution in [0, 0.1) is 5.92 Å². The van der Waals surface area contributed by atoms with Crippen molar-refractivity contribution < 1.29 is 4.74 Å². The number of methoxy groups -OCH3 is 1. The quantitative estimate of drug-likeness (QED) is 0.795. The fourth-order valence-electron chi connectivity index (χ4n) is 2.49. The topological polar surface area (TPSA) is 21.3 Å². The van der Waals surface area contributed by atoms with E-state index in [4.69, 9.17) is 4.74 Å². The highest BCUT2D eigenvalue weighted by molar-refractivity contribution is 4.90. The fourth-order valence-corrected chi connectivity index (χ4v) is 2.49. The molecule has 16 heavy (non-hydrogen) atoms. The predicted molar refractivity (Wildman–Crippen MR) is 69.7 cm³/mol. The van der Waals surface area contributed by atoms with Gasteiger partial charge in [0.15, 0.2) is 0 Å². The Morgan fingerprint density at radius 2 is 1.81 bits per heavy atom. The first kappa shape index (κ1) is 14.0. The third-order valence-corrected chi connectivity index (χ3v) is 3.97. The van der Waals surface area contributed by atoms with Crippen molar-refractivity contribution in [3.8, 4) is 0 Å². The first-order valence-corrected chi connectivity index (χ1v) is 6.71. The SMILES string of the molecule is CCC1CCC(CNC(C)(C)C)(OC)CC1. The van der Waals surface area contributed by atoms with E-state index in [-0.39, 0.29) is 11.1 Å². The van der Waals surface area contributed by atoms with E-state index in [0.29, 0.717) is 0 Å². The number of nitrogens with one attached hydrogen (secondary N) is 1. The van der Waals surface area contributed by atoms with Crippen molar-refractivity contribution in [2.24, 2.45) is 5.92 Å². The number of rotatable bonds is 4. The van der Waals surface area contributed by atoms with E-state index in [1.54, 1.807) is 0 Å². The summed E-state index contributed by atoms with van der Waals surface area (Å²) >= 11 is 0. The molecule has 2 nitrogen and oxygen atoms in total. The first-order chi connectivity index (χ1) is 7.41. The average molecular weight is 227 g/mol. The highest BCUT2D eigenvalue weighted by atomic mass is 16.5. The molecule has 1 aliphatic carbocycles. The zero-order valence-electron chi connectivity index (χ0n) is 11.7. The lowest BCUT2D eigenvalue weighted by Gasteiger charge is -2.41. The van der Waals surface area contributed by atoms with E-state index < -0.39 is 0 Å². The van der Waals surface area contributed by atoms with Crippen molar-refractivity contribution in [2.75, 3.05) is 13.7 Å². The monoisotopic (exact) mass is 227 g/mol. The van der Waals surface area contributed by atoms with Crippen molar-refractivity contribution in [1.29, 1.82) is 0 Å². The van der Waals surface area contributed by atoms with Crippen molar-refractivity contribution in [3.63, 3.8) is 0 Å². The molecule has 0 aliphatic heterocycles. The van der Waals surface area contributed by atoms with E-state index in [2.05, 4.69) is 33.0 Å². The van der Waals surface area contributed by atoms with Crippen LogP contribution in [0.3, 0.4) is 0 Å². The summed E-state index contributed by atoms with van der Waals surface area (Å²) in [6.07, 6.45) is 6.41. The molecule has 0 radical (unpaired) electrons. The Balaban J connectivity index is 2.46. The summed E-state index contributed by atoms with van der Waals surface area (Å²) in [5.74, 6) is 0.929. The van der Waals surface area contributed by atoms with Gasteiger partial charge in [0.25, 0.3) is 0 Å². The molecule has 96 valence electrons. The third kappa shape index (κ3) is 4.06. The van der Waals surface area contributed by atoms with Crippen LogP contribution in [0.5, 0.6) is 0 Å². The second-order valence-corrected chi connectivity index (χ2v) is 6.34. The minimum Gasteiger partial charge on any atom is -0.377 e. The molecule has 0 aromatic carbocycles. The zero-order valence-corrected chi connectivity index (χ0v) is 11.7. The van der Waals surface area contributed by atoms with Gasteiger partial charge in [0.2, 0.25) is 0 Å². The molecule has 0 atom stereocenters. The Morgan fingerprint density at radius 3 is 2.19 bits per heavy atom. The molecule has 1 N–H and O–H groups in total. The minimum absolute atomic E-state index is 0.0962. The molecule has 0 heterocycles. The van der Waals surface area contributed by atoms with Crippen LogP contribution in [0.4, 0.5) is 0 Å². The summed E-state index contributed by atoms with van der Waals surface area (Å²) in [6, 6.07) is 0.